The van der Waals surface area contributed by atoms with Crippen LogP contribution in [-0.4, -0.2) is 25.3 Å². The standard InChI is InChI=1S/C14H18N2O2S/c1-3-12-6-4-7-13(10-12)19(17,18)16(2)14(11-15)8-5-9-14/h4,6-7,10H,3,5,8-9H2,1-2H3. The Bertz CT molecular complexity index is 613. The van der Waals surface area contributed by atoms with Crippen molar-refractivity contribution >= 4 is 10.0 Å². The van der Waals surface area contributed by atoms with Crippen LogP contribution in [-0.2, 0) is 16.4 Å². The Labute approximate surface area is 114 Å². The van der Waals surface area contributed by atoms with Gasteiger partial charge in [-0.05, 0) is 43.4 Å². The zero-order valence-electron chi connectivity index (χ0n) is 11.3. The van der Waals surface area contributed by atoms with E-state index in [1.54, 1.807) is 18.2 Å². The van der Waals surface area contributed by atoms with Gasteiger partial charge in [-0.25, -0.2) is 8.42 Å². The number of benzene rings is 1. The van der Waals surface area contributed by atoms with E-state index >= 15 is 0 Å². The van der Waals surface area contributed by atoms with E-state index < -0.39 is 15.6 Å². The monoisotopic (exact) mass is 278 g/mol. The molecule has 1 aliphatic rings. The molecule has 0 saturated heterocycles. The first kappa shape index (κ1) is 14.0. The highest BCUT2D eigenvalue weighted by atomic mass is 32.2. The maximum Gasteiger partial charge on any atom is 0.244 e. The summed E-state index contributed by atoms with van der Waals surface area (Å²) in [4.78, 5) is 0.274. The highest BCUT2D eigenvalue weighted by Gasteiger charge is 2.46. The molecule has 19 heavy (non-hydrogen) atoms. The van der Waals surface area contributed by atoms with Gasteiger partial charge in [0.2, 0.25) is 10.0 Å². The normalized spacial score (nSPS) is 17.8. The van der Waals surface area contributed by atoms with Gasteiger partial charge in [-0.15, -0.1) is 0 Å². The summed E-state index contributed by atoms with van der Waals surface area (Å²) in [5.41, 5.74) is 0.134. The van der Waals surface area contributed by atoms with Gasteiger partial charge in [0.05, 0.1) is 11.0 Å². The molecule has 0 N–H and O–H groups in total. The Balaban J connectivity index is 2.39. The highest BCUT2D eigenvalue weighted by Crippen LogP contribution is 2.39. The molecule has 1 aromatic rings. The van der Waals surface area contributed by atoms with Crippen LogP contribution in [0, 0.1) is 11.3 Å². The Morgan fingerprint density at radius 2 is 2.11 bits per heavy atom. The van der Waals surface area contributed by atoms with Gasteiger partial charge in [0.1, 0.15) is 5.54 Å². The largest absolute Gasteiger partial charge is 0.244 e. The maximum atomic E-state index is 12.6. The molecule has 1 saturated carbocycles. The molecule has 102 valence electrons. The first-order valence-electron chi connectivity index (χ1n) is 6.45. The zero-order valence-corrected chi connectivity index (χ0v) is 12.1. The second-order valence-corrected chi connectivity index (χ2v) is 6.94. The second kappa shape index (κ2) is 4.95. The first-order chi connectivity index (χ1) is 8.96. The predicted octanol–water partition coefficient (Wildman–Crippen LogP) is 2.32. The molecule has 0 spiro atoms. The van der Waals surface area contributed by atoms with E-state index in [0.29, 0.717) is 12.8 Å². The SMILES string of the molecule is CCc1cccc(S(=O)(=O)N(C)C2(C#N)CCC2)c1. The number of sulfonamides is 1. The molecule has 2 rings (SSSR count). The van der Waals surface area contributed by atoms with Gasteiger partial charge < -0.3 is 0 Å². The van der Waals surface area contributed by atoms with Crippen molar-refractivity contribution in [3.8, 4) is 6.07 Å². The lowest BCUT2D eigenvalue weighted by molar-refractivity contribution is 0.171. The van der Waals surface area contributed by atoms with Gasteiger partial charge in [-0.2, -0.15) is 9.57 Å². The van der Waals surface area contributed by atoms with Crippen LogP contribution in [0.4, 0.5) is 0 Å². The Hall–Kier alpha value is -1.38. The number of nitriles is 1. The minimum Gasteiger partial charge on any atom is -0.207 e. The Morgan fingerprint density at radius 1 is 1.42 bits per heavy atom. The van der Waals surface area contributed by atoms with E-state index in [0.717, 1.165) is 18.4 Å². The van der Waals surface area contributed by atoms with Crippen molar-refractivity contribution in [1.82, 2.24) is 4.31 Å². The van der Waals surface area contributed by atoms with Crippen LogP contribution in [0.15, 0.2) is 29.2 Å². The summed E-state index contributed by atoms with van der Waals surface area (Å²) >= 11 is 0. The molecular formula is C14H18N2O2S. The van der Waals surface area contributed by atoms with Gasteiger partial charge in [0.15, 0.2) is 0 Å². The Morgan fingerprint density at radius 3 is 2.58 bits per heavy atom. The van der Waals surface area contributed by atoms with Gasteiger partial charge in [0.25, 0.3) is 0 Å². The lowest BCUT2D eigenvalue weighted by Crippen LogP contribution is -2.53. The van der Waals surface area contributed by atoms with Crippen LogP contribution < -0.4 is 0 Å². The fourth-order valence-electron chi connectivity index (χ4n) is 2.32. The zero-order chi connectivity index (χ0) is 14.1. The van der Waals surface area contributed by atoms with Gasteiger partial charge >= 0.3 is 0 Å². The molecule has 0 aromatic heterocycles. The van der Waals surface area contributed by atoms with Crippen molar-refractivity contribution in [3.63, 3.8) is 0 Å². The van der Waals surface area contributed by atoms with E-state index in [4.69, 9.17) is 0 Å². The second-order valence-electron chi connectivity index (χ2n) is 4.97. The van der Waals surface area contributed by atoms with Crippen LogP contribution in [0.25, 0.3) is 0 Å². The number of aryl methyl sites for hydroxylation is 1. The lowest BCUT2D eigenvalue weighted by Gasteiger charge is -2.41. The molecule has 0 bridgehead atoms. The van der Waals surface area contributed by atoms with E-state index in [1.165, 1.54) is 11.4 Å². The third-order valence-corrected chi connectivity index (χ3v) is 5.88. The average Bonchev–Trinajstić information content (AvgIpc) is 2.38. The van der Waals surface area contributed by atoms with Crippen molar-refractivity contribution in [2.45, 2.75) is 43.0 Å². The molecule has 1 aliphatic carbocycles. The fraction of sp³-hybridized carbons (Fsp3) is 0.500. The van der Waals surface area contributed by atoms with Crippen molar-refractivity contribution in [2.24, 2.45) is 0 Å². The smallest absolute Gasteiger partial charge is 0.207 e. The minimum absolute atomic E-state index is 0.274. The number of hydrogen-bond donors (Lipinski definition) is 0. The highest BCUT2D eigenvalue weighted by molar-refractivity contribution is 7.89. The summed E-state index contributed by atoms with van der Waals surface area (Å²) in [6, 6.07) is 9.10. The van der Waals surface area contributed by atoms with Crippen molar-refractivity contribution < 1.29 is 8.42 Å². The van der Waals surface area contributed by atoms with E-state index in [2.05, 4.69) is 6.07 Å². The third-order valence-electron chi connectivity index (χ3n) is 3.96. The summed E-state index contributed by atoms with van der Waals surface area (Å²) < 4.78 is 26.4. The summed E-state index contributed by atoms with van der Waals surface area (Å²) in [5, 5.41) is 9.26. The summed E-state index contributed by atoms with van der Waals surface area (Å²) in [5.74, 6) is 0. The summed E-state index contributed by atoms with van der Waals surface area (Å²) in [6.45, 7) is 1.98. The average molecular weight is 278 g/mol. The molecule has 0 atom stereocenters. The molecule has 1 fully saturated rings. The molecule has 0 radical (unpaired) electrons. The number of hydrogen-bond acceptors (Lipinski definition) is 3. The summed E-state index contributed by atoms with van der Waals surface area (Å²) in [6.07, 6.45) is 2.93. The fourth-order valence-corrected chi connectivity index (χ4v) is 3.87. The number of rotatable bonds is 4. The van der Waals surface area contributed by atoms with Crippen LogP contribution >= 0.6 is 0 Å². The molecular weight excluding hydrogens is 260 g/mol. The van der Waals surface area contributed by atoms with Crippen molar-refractivity contribution in [1.29, 1.82) is 5.26 Å². The summed E-state index contributed by atoms with van der Waals surface area (Å²) in [7, 11) is -2.08. The van der Waals surface area contributed by atoms with Gasteiger partial charge in [-0.1, -0.05) is 19.1 Å². The predicted molar refractivity (Wildman–Crippen MR) is 73.0 cm³/mol. The molecule has 0 unspecified atom stereocenters. The molecule has 4 nitrogen and oxygen atoms in total. The third kappa shape index (κ3) is 2.26. The topological polar surface area (TPSA) is 61.2 Å². The molecule has 0 aliphatic heterocycles. The van der Waals surface area contributed by atoms with Crippen LogP contribution in [0.3, 0.4) is 0 Å². The quantitative estimate of drug-likeness (QED) is 0.849. The Kier molecular flexibility index (Phi) is 3.66. The first-order valence-corrected chi connectivity index (χ1v) is 7.89. The van der Waals surface area contributed by atoms with E-state index in [-0.39, 0.29) is 4.90 Å². The molecule has 0 heterocycles. The van der Waals surface area contributed by atoms with Gasteiger partial charge in [0, 0.05) is 7.05 Å². The van der Waals surface area contributed by atoms with E-state index in [9.17, 15) is 13.7 Å². The minimum atomic E-state index is -3.59. The molecule has 5 heteroatoms. The van der Waals surface area contributed by atoms with Gasteiger partial charge in [-0.3, -0.25) is 0 Å². The van der Waals surface area contributed by atoms with E-state index in [1.807, 2.05) is 13.0 Å². The maximum absolute atomic E-state index is 12.6. The lowest BCUT2D eigenvalue weighted by atomic mass is 9.78. The van der Waals surface area contributed by atoms with Crippen LogP contribution in [0.1, 0.15) is 31.7 Å². The van der Waals surface area contributed by atoms with Crippen LogP contribution in [0.5, 0.6) is 0 Å². The molecule has 1 aromatic carbocycles. The number of nitrogens with zero attached hydrogens (tertiary/aromatic N) is 2. The van der Waals surface area contributed by atoms with Crippen molar-refractivity contribution in [2.75, 3.05) is 7.05 Å². The van der Waals surface area contributed by atoms with Crippen molar-refractivity contribution in [3.05, 3.63) is 29.8 Å². The molecule has 0 amide bonds. The van der Waals surface area contributed by atoms with Crippen LogP contribution in [0.2, 0.25) is 0 Å².